The zero-order valence-electron chi connectivity index (χ0n) is 12.1. The first kappa shape index (κ1) is 16.7. The van der Waals surface area contributed by atoms with E-state index in [1.54, 1.807) is 6.07 Å². The highest BCUT2D eigenvalue weighted by Crippen LogP contribution is 2.27. The molecule has 0 amide bonds. The fraction of sp³-hybridized carbons (Fsp3) is 0.462. The van der Waals surface area contributed by atoms with Crippen molar-refractivity contribution in [2.45, 2.75) is 26.3 Å². The normalized spacial score (nSPS) is 11.7. The zero-order chi connectivity index (χ0) is 16.0. The van der Waals surface area contributed by atoms with Gasteiger partial charge in [0, 0.05) is 37.0 Å². The fourth-order valence-corrected chi connectivity index (χ4v) is 2.04. The number of aliphatic hydroxyl groups is 1. The molecule has 8 heteroatoms. The van der Waals surface area contributed by atoms with Gasteiger partial charge in [-0.15, -0.1) is 0 Å². The van der Waals surface area contributed by atoms with E-state index in [-0.39, 0.29) is 24.2 Å². The van der Waals surface area contributed by atoms with Gasteiger partial charge in [-0.25, -0.2) is 0 Å². The molecule has 0 radical (unpaired) electrons. The summed E-state index contributed by atoms with van der Waals surface area (Å²) in [6.45, 7) is 4.50. The number of nitrogens with two attached hydrogens (primary N) is 1. The lowest BCUT2D eigenvalue weighted by Crippen LogP contribution is -2.34. The van der Waals surface area contributed by atoms with E-state index in [0.717, 1.165) is 0 Å². The van der Waals surface area contributed by atoms with Gasteiger partial charge in [-0.2, -0.15) is 0 Å². The minimum absolute atomic E-state index is 0.0368. The SMILES string of the molecule is CC(C)N(CCCO)c1ccc([N+](=O)[O-])cc1C(N)=NO. The Morgan fingerprint density at radius 1 is 1.52 bits per heavy atom. The third kappa shape index (κ3) is 4.06. The predicted molar refractivity (Wildman–Crippen MR) is 79.8 cm³/mol. The number of non-ortho nitro benzene ring substituents is 1. The number of amidine groups is 1. The molecule has 116 valence electrons. The van der Waals surface area contributed by atoms with Gasteiger partial charge in [-0.3, -0.25) is 10.1 Å². The van der Waals surface area contributed by atoms with E-state index >= 15 is 0 Å². The fourth-order valence-electron chi connectivity index (χ4n) is 2.04. The molecule has 0 heterocycles. The van der Waals surface area contributed by atoms with Crippen molar-refractivity contribution < 1.29 is 15.2 Å². The highest BCUT2D eigenvalue weighted by molar-refractivity contribution is 6.02. The summed E-state index contributed by atoms with van der Waals surface area (Å²) < 4.78 is 0. The average molecular weight is 296 g/mol. The molecule has 0 fully saturated rings. The number of nitro benzene ring substituents is 1. The van der Waals surface area contributed by atoms with Crippen LogP contribution in [0.15, 0.2) is 23.4 Å². The second-order valence-corrected chi connectivity index (χ2v) is 4.81. The van der Waals surface area contributed by atoms with Gasteiger partial charge < -0.3 is 20.9 Å². The summed E-state index contributed by atoms with van der Waals surface area (Å²) in [6.07, 6.45) is 0.546. The maximum absolute atomic E-state index is 10.9. The Bertz CT molecular complexity index is 531. The maximum Gasteiger partial charge on any atom is 0.270 e. The minimum Gasteiger partial charge on any atom is -0.409 e. The van der Waals surface area contributed by atoms with Crippen LogP contribution in [-0.4, -0.2) is 40.3 Å². The van der Waals surface area contributed by atoms with Crippen molar-refractivity contribution in [1.82, 2.24) is 0 Å². The van der Waals surface area contributed by atoms with Gasteiger partial charge in [0.05, 0.1) is 10.5 Å². The lowest BCUT2D eigenvalue weighted by molar-refractivity contribution is -0.384. The van der Waals surface area contributed by atoms with Crippen LogP contribution in [0.25, 0.3) is 0 Å². The summed E-state index contributed by atoms with van der Waals surface area (Å²) in [5.41, 5.74) is 6.41. The predicted octanol–water partition coefficient (Wildman–Crippen LogP) is 1.29. The van der Waals surface area contributed by atoms with Gasteiger partial charge in [0.1, 0.15) is 0 Å². The molecule has 0 unspecified atom stereocenters. The smallest absolute Gasteiger partial charge is 0.270 e. The highest BCUT2D eigenvalue weighted by atomic mass is 16.6. The van der Waals surface area contributed by atoms with E-state index in [9.17, 15) is 10.1 Å². The molecule has 0 aliphatic heterocycles. The van der Waals surface area contributed by atoms with Crippen LogP contribution in [0, 0.1) is 10.1 Å². The van der Waals surface area contributed by atoms with E-state index < -0.39 is 4.92 Å². The van der Waals surface area contributed by atoms with Gasteiger partial charge in [0.25, 0.3) is 5.69 Å². The van der Waals surface area contributed by atoms with Gasteiger partial charge in [0.15, 0.2) is 5.84 Å². The van der Waals surface area contributed by atoms with Gasteiger partial charge in [-0.05, 0) is 26.3 Å². The van der Waals surface area contributed by atoms with Crippen LogP contribution in [0.3, 0.4) is 0 Å². The number of hydrogen-bond acceptors (Lipinski definition) is 6. The molecule has 0 atom stereocenters. The maximum atomic E-state index is 10.9. The molecule has 0 saturated heterocycles. The first-order chi connectivity index (χ1) is 9.92. The third-order valence-electron chi connectivity index (χ3n) is 3.06. The Labute approximate surface area is 122 Å². The van der Waals surface area contributed by atoms with E-state index in [4.69, 9.17) is 16.0 Å². The molecule has 4 N–H and O–H groups in total. The van der Waals surface area contributed by atoms with E-state index in [2.05, 4.69) is 5.16 Å². The molecular weight excluding hydrogens is 276 g/mol. The van der Waals surface area contributed by atoms with Crippen LogP contribution in [0.2, 0.25) is 0 Å². The summed E-state index contributed by atoms with van der Waals surface area (Å²) in [7, 11) is 0. The average Bonchev–Trinajstić information content (AvgIpc) is 2.46. The molecule has 1 aromatic carbocycles. The summed E-state index contributed by atoms with van der Waals surface area (Å²) >= 11 is 0. The van der Waals surface area contributed by atoms with Crippen LogP contribution in [0.1, 0.15) is 25.8 Å². The van der Waals surface area contributed by atoms with Gasteiger partial charge in [-0.1, -0.05) is 5.16 Å². The van der Waals surface area contributed by atoms with E-state index in [1.807, 2.05) is 18.7 Å². The van der Waals surface area contributed by atoms with Crippen LogP contribution < -0.4 is 10.6 Å². The number of nitro groups is 1. The molecule has 0 aliphatic rings. The van der Waals surface area contributed by atoms with Crippen molar-refractivity contribution >= 4 is 17.2 Å². The topological polar surface area (TPSA) is 125 Å². The van der Waals surface area contributed by atoms with Crippen molar-refractivity contribution in [2.24, 2.45) is 10.9 Å². The van der Waals surface area contributed by atoms with Gasteiger partial charge in [0.2, 0.25) is 0 Å². The zero-order valence-corrected chi connectivity index (χ0v) is 12.1. The molecule has 0 bridgehead atoms. The summed E-state index contributed by atoms with van der Waals surface area (Å²) in [6, 6.07) is 4.31. The number of nitrogens with zero attached hydrogens (tertiary/aromatic N) is 3. The second kappa shape index (κ2) is 7.44. The molecule has 1 rings (SSSR count). The molecular formula is C13H20N4O4. The third-order valence-corrected chi connectivity index (χ3v) is 3.06. The molecule has 0 aromatic heterocycles. The Morgan fingerprint density at radius 2 is 2.19 bits per heavy atom. The Hall–Kier alpha value is -2.35. The number of anilines is 1. The lowest BCUT2D eigenvalue weighted by atomic mass is 10.1. The molecule has 8 nitrogen and oxygen atoms in total. The lowest BCUT2D eigenvalue weighted by Gasteiger charge is -2.30. The molecule has 21 heavy (non-hydrogen) atoms. The Balaban J connectivity index is 3.34. The number of aliphatic hydroxyl groups excluding tert-OH is 1. The van der Waals surface area contributed by atoms with Crippen LogP contribution in [0.4, 0.5) is 11.4 Å². The van der Waals surface area contributed by atoms with E-state index in [1.165, 1.54) is 12.1 Å². The van der Waals surface area contributed by atoms with Crippen molar-refractivity contribution in [1.29, 1.82) is 0 Å². The van der Waals surface area contributed by atoms with Crippen molar-refractivity contribution in [3.05, 3.63) is 33.9 Å². The Morgan fingerprint density at radius 3 is 2.67 bits per heavy atom. The van der Waals surface area contributed by atoms with Crippen LogP contribution in [-0.2, 0) is 0 Å². The monoisotopic (exact) mass is 296 g/mol. The first-order valence-electron chi connectivity index (χ1n) is 6.56. The van der Waals surface area contributed by atoms with Crippen molar-refractivity contribution in [3.63, 3.8) is 0 Å². The first-order valence-corrected chi connectivity index (χ1v) is 6.56. The summed E-state index contributed by atoms with van der Waals surface area (Å²) in [5, 5.41) is 31.7. The quantitative estimate of drug-likeness (QED) is 0.229. The summed E-state index contributed by atoms with van der Waals surface area (Å²) in [4.78, 5) is 12.3. The largest absolute Gasteiger partial charge is 0.409 e. The number of hydrogen-bond donors (Lipinski definition) is 3. The number of rotatable bonds is 7. The molecule has 0 spiro atoms. The van der Waals surface area contributed by atoms with E-state index in [0.29, 0.717) is 24.2 Å². The second-order valence-electron chi connectivity index (χ2n) is 4.81. The van der Waals surface area contributed by atoms with Crippen molar-refractivity contribution in [3.8, 4) is 0 Å². The highest BCUT2D eigenvalue weighted by Gasteiger charge is 2.20. The van der Waals surface area contributed by atoms with Crippen LogP contribution >= 0.6 is 0 Å². The van der Waals surface area contributed by atoms with Crippen LogP contribution in [0.5, 0.6) is 0 Å². The number of benzene rings is 1. The summed E-state index contributed by atoms with van der Waals surface area (Å²) in [5.74, 6) is -0.191. The standard InChI is InChI=1S/C13H20N4O4/c1-9(2)16(6-3-7-18)12-5-4-10(17(20)21)8-11(12)13(14)15-19/h4-5,8-9,18-19H,3,6-7H2,1-2H3,(H2,14,15). The Kier molecular flexibility index (Phi) is 5.92. The van der Waals surface area contributed by atoms with Gasteiger partial charge >= 0.3 is 0 Å². The number of oxime groups is 1. The van der Waals surface area contributed by atoms with Crippen molar-refractivity contribution in [2.75, 3.05) is 18.1 Å². The molecule has 1 aromatic rings. The molecule has 0 aliphatic carbocycles. The molecule has 0 saturated carbocycles. The minimum atomic E-state index is -0.536.